The molecule has 0 aromatic heterocycles. The molecule has 0 aliphatic rings. The van der Waals surface area contributed by atoms with E-state index in [0.29, 0.717) is 5.56 Å². The predicted octanol–water partition coefficient (Wildman–Crippen LogP) is 2.28. The van der Waals surface area contributed by atoms with Gasteiger partial charge in [0, 0.05) is 24.9 Å². The third-order valence-corrected chi connectivity index (χ3v) is 4.43. The Balaban J connectivity index is 2.25. The van der Waals surface area contributed by atoms with Crippen LogP contribution in [-0.4, -0.2) is 31.2 Å². The number of hydrogen-bond donors (Lipinski definition) is 2. The highest BCUT2D eigenvalue weighted by Crippen LogP contribution is 2.27. The van der Waals surface area contributed by atoms with Crippen molar-refractivity contribution in [3.8, 4) is 0 Å². The molecule has 1 unspecified atom stereocenters. The summed E-state index contributed by atoms with van der Waals surface area (Å²) in [6, 6.07) is 8.75. The Hall–Kier alpha value is -2.52. The lowest BCUT2D eigenvalue weighted by Crippen LogP contribution is -2.14. The minimum absolute atomic E-state index is 0.0935. The van der Waals surface area contributed by atoms with Gasteiger partial charge in [0.1, 0.15) is 5.82 Å². The van der Waals surface area contributed by atoms with E-state index in [-0.39, 0.29) is 22.8 Å². The number of benzene rings is 2. The zero-order chi connectivity index (χ0) is 17.9. The van der Waals surface area contributed by atoms with Crippen molar-refractivity contribution in [3.63, 3.8) is 0 Å². The molecule has 0 spiro atoms. The van der Waals surface area contributed by atoms with Crippen molar-refractivity contribution in [3.05, 3.63) is 64.0 Å². The van der Waals surface area contributed by atoms with Gasteiger partial charge in [-0.25, -0.2) is 12.8 Å². The first-order valence-corrected chi connectivity index (χ1v) is 8.73. The van der Waals surface area contributed by atoms with Crippen molar-refractivity contribution in [1.82, 2.24) is 0 Å². The molecule has 2 aromatic carbocycles. The molecule has 2 aromatic rings. The van der Waals surface area contributed by atoms with Gasteiger partial charge in [-0.05, 0) is 23.8 Å². The normalized spacial score (nSPS) is 12.6. The van der Waals surface area contributed by atoms with Crippen LogP contribution in [0.25, 0.3) is 0 Å². The van der Waals surface area contributed by atoms with Crippen LogP contribution < -0.4 is 5.32 Å². The molecule has 0 heterocycles. The number of nitro benzene ring substituents is 1. The van der Waals surface area contributed by atoms with Crippen LogP contribution in [0.15, 0.2) is 47.4 Å². The molecule has 0 fully saturated rings. The maximum Gasteiger partial charge on any atom is 0.270 e. The number of nitrogens with one attached hydrogen (secondary N) is 1. The number of nitrogens with zero attached hydrogens (tertiary/aromatic N) is 1. The van der Waals surface area contributed by atoms with Crippen LogP contribution in [0.3, 0.4) is 0 Å². The summed E-state index contributed by atoms with van der Waals surface area (Å²) in [7, 11) is -3.72. The van der Waals surface area contributed by atoms with Crippen LogP contribution in [0.2, 0.25) is 0 Å². The number of aliphatic hydroxyl groups excluding tert-OH is 1. The third kappa shape index (κ3) is 4.27. The lowest BCUT2D eigenvalue weighted by atomic mass is 10.1. The summed E-state index contributed by atoms with van der Waals surface area (Å²) >= 11 is 0. The van der Waals surface area contributed by atoms with Gasteiger partial charge in [0.15, 0.2) is 9.84 Å². The van der Waals surface area contributed by atoms with E-state index in [0.717, 1.165) is 18.4 Å². The molecule has 2 rings (SSSR count). The zero-order valence-electron chi connectivity index (χ0n) is 12.6. The number of hydrogen-bond acceptors (Lipinski definition) is 6. The fraction of sp³-hybridized carbons (Fsp3) is 0.200. The SMILES string of the molecule is CS(=O)(=O)c1cc([N+](=O)[O-])ccc1NCC(O)c1cccc(F)c1. The van der Waals surface area contributed by atoms with E-state index < -0.39 is 26.7 Å². The number of sulfone groups is 1. The van der Waals surface area contributed by atoms with E-state index in [1.165, 1.54) is 30.3 Å². The Morgan fingerprint density at radius 3 is 2.58 bits per heavy atom. The average Bonchev–Trinajstić information content (AvgIpc) is 2.51. The van der Waals surface area contributed by atoms with E-state index in [9.17, 15) is 28.0 Å². The summed E-state index contributed by atoms with van der Waals surface area (Å²) in [5, 5.41) is 23.6. The smallest absolute Gasteiger partial charge is 0.270 e. The zero-order valence-corrected chi connectivity index (χ0v) is 13.5. The number of halogens is 1. The van der Waals surface area contributed by atoms with E-state index in [1.807, 2.05) is 0 Å². The molecule has 24 heavy (non-hydrogen) atoms. The Morgan fingerprint density at radius 1 is 1.29 bits per heavy atom. The number of aliphatic hydroxyl groups is 1. The second-order valence-corrected chi connectivity index (χ2v) is 7.15. The predicted molar refractivity (Wildman–Crippen MR) is 86.1 cm³/mol. The molecule has 0 saturated heterocycles. The lowest BCUT2D eigenvalue weighted by Gasteiger charge is -2.15. The van der Waals surface area contributed by atoms with Crippen LogP contribution in [-0.2, 0) is 9.84 Å². The molecule has 128 valence electrons. The monoisotopic (exact) mass is 354 g/mol. The first-order valence-electron chi connectivity index (χ1n) is 6.84. The molecule has 1 atom stereocenters. The first-order chi connectivity index (χ1) is 11.2. The summed E-state index contributed by atoms with van der Waals surface area (Å²) in [5.74, 6) is -0.501. The number of non-ortho nitro benzene ring substituents is 1. The van der Waals surface area contributed by atoms with Gasteiger partial charge in [-0.3, -0.25) is 10.1 Å². The first kappa shape index (κ1) is 17.8. The van der Waals surface area contributed by atoms with E-state index in [2.05, 4.69) is 5.32 Å². The van der Waals surface area contributed by atoms with E-state index in [1.54, 1.807) is 0 Å². The number of nitro groups is 1. The summed E-state index contributed by atoms with van der Waals surface area (Å²) in [4.78, 5) is 9.85. The molecule has 0 saturated carbocycles. The molecule has 7 nitrogen and oxygen atoms in total. The van der Waals surface area contributed by atoms with Gasteiger partial charge in [0.05, 0.1) is 21.6 Å². The summed E-state index contributed by atoms with van der Waals surface area (Å²) in [5.41, 5.74) is 0.0931. The molecule has 2 N–H and O–H groups in total. The standard InChI is InChI=1S/C15H15FN2O5S/c1-24(22,23)15-8-12(18(20)21)5-6-13(15)17-9-14(19)10-3-2-4-11(16)7-10/h2-8,14,17,19H,9H2,1H3. The van der Waals surface area contributed by atoms with Crippen molar-refractivity contribution < 1.29 is 22.8 Å². The van der Waals surface area contributed by atoms with Crippen LogP contribution in [0.1, 0.15) is 11.7 Å². The Kier molecular flexibility index (Phi) is 5.15. The maximum atomic E-state index is 13.2. The number of anilines is 1. The summed E-state index contributed by atoms with van der Waals surface area (Å²) < 4.78 is 36.8. The highest BCUT2D eigenvalue weighted by atomic mass is 32.2. The van der Waals surface area contributed by atoms with Crippen molar-refractivity contribution in [2.24, 2.45) is 0 Å². The largest absolute Gasteiger partial charge is 0.387 e. The number of rotatable bonds is 6. The highest BCUT2D eigenvalue weighted by molar-refractivity contribution is 7.90. The Labute approximate surface area is 137 Å². The minimum Gasteiger partial charge on any atom is -0.387 e. The fourth-order valence-corrected chi connectivity index (χ4v) is 2.99. The topological polar surface area (TPSA) is 110 Å². The lowest BCUT2D eigenvalue weighted by molar-refractivity contribution is -0.385. The maximum absolute atomic E-state index is 13.2. The molecule has 0 aliphatic carbocycles. The van der Waals surface area contributed by atoms with Gasteiger partial charge < -0.3 is 10.4 Å². The van der Waals surface area contributed by atoms with Crippen LogP contribution in [0.5, 0.6) is 0 Å². The molecule has 0 amide bonds. The molecular formula is C15H15FN2O5S. The third-order valence-electron chi connectivity index (χ3n) is 3.29. The minimum atomic E-state index is -3.72. The average molecular weight is 354 g/mol. The van der Waals surface area contributed by atoms with Crippen LogP contribution in [0, 0.1) is 15.9 Å². The Bertz CT molecular complexity index is 870. The van der Waals surface area contributed by atoms with Gasteiger partial charge in [-0.2, -0.15) is 0 Å². The molecule has 0 bridgehead atoms. The van der Waals surface area contributed by atoms with Crippen molar-refractivity contribution >= 4 is 21.2 Å². The second-order valence-electron chi connectivity index (χ2n) is 5.16. The summed E-state index contributed by atoms with van der Waals surface area (Å²) in [6.07, 6.45) is -0.149. The van der Waals surface area contributed by atoms with E-state index in [4.69, 9.17) is 0 Å². The van der Waals surface area contributed by atoms with E-state index >= 15 is 0 Å². The van der Waals surface area contributed by atoms with Gasteiger partial charge in [0.2, 0.25) is 0 Å². The Morgan fingerprint density at radius 2 is 2.00 bits per heavy atom. The van der Waals surface area contributed by atoms with Gasteiger partial charge in [-0.1, -0.05) is 12.1 Å². The fourth-order valence-electron chi connectivity index (χ4n) is 2.12. The van der Waals surface area contributed by atoms with Crippen LogP contribution >= 0.6 is 0 Å². The second kappa shape index (κ2) is 6.93. The van der Waals surface area contributed by atoms with Crippen molar-refractivity contribution in [2.45, 2.75) is 11.0 Å². The van der Waals surface area contributed by atoms with Crippen LogP contribution in [0.4, 0.5) is 15.8 Å². The van der Waals surface area contributed by atoms with Crippen molar-refractivity contribution in [2.75, 3.05) is 18.1 Å². The van der Waals surface area contributed by atoms with Crippen molar-refractivity contribution in [1.29, 1.82) is 0 Å². The molecule has 0 aliphatic heterocycles. The molecule has 0 radical (unpaired) electrons. The van der Waals surface area contributed by atoms with Gasteiger partial charge >= 0.3 is 0 Å². The molecule has 9 heteroatoms. The van der Waals surface area contributed by atoms with Gasteiger partial charge in [0.25, 0.3) is 5.69 Å². The quantitative estimate of drug-likeness (QED) is 0.608. The summed E-state index contributed by atoms with van der Waals surface area (Å²) in [6.45, 7) is -0.0935. The molecular weight excluding hydrogens is 339 g/mol. The van der Waals surface area contributed by atoms with Gasteiger partial charge in [-0.15, -0.1) is 0 Å². The highest BCUT2D eigenvalue weighted by Gasteiger charge is 2.19.